The van der Waals surface area contributed by atoms with Crippen molar-refractivity contribution in [1.82, 2.24) is 14.8 Å². The first-order valence-electron chi connectivity index (χ1n) is 5.31. The van der Waals surface area contributed by atoms with Gasteiger partial charge >= 0.3 is 0 Å². The lowest BCUT2D eigenvalue weighted by atomic mass is 10.2. The van der Waals surface area contributed by atoms with Crippen LogP contribution in [0.25, 0.3) is 0 Å². The van der Waals surface area contributed by atoms with Gasteiger partial charge in [-0.3, -0.25) is 10.4 Å². The molecule has 0 saturated carbocycles. The molecule has 2 heterocycles. The molecule has 1 saturated heterocycles. The Kier molecular flexibility index (Phi) is 3.56. The summed E-state index contributed by atoms with van der Waals surface area (Å²) in [6.45, 7) is 3.82. The average molecular weight is 283 g/mol. The molecule has 1 aromatic rings. The minimum absolute atomic E-state index is 0.514. The van der Waals surface area contributed by atoms with Gasteiger partial charge in [0.1, 0.15) is 11.5 Å². The molecule has 0 unspecified atom stereocenters. The highest BCUT2D eigenvalue weighted by Crippen LogP contribution is 2.16. The number of halogens is 1. The van der Waals surface area contributed by atoms with Crippen LogP contribution in [-0.4, -0.2) is 53.8 Å². The Bertz CT molecular complexity index is 385. The van der Waals surface area contributed by atoms with Crippen LogP contribution in [0.1, 0.15) is 5.69 Å². The number of pyridine rings is 1. The van der Waals surface area contributed by atoms with E-state index in [0.717, 1.165) is 36.3 Å². The zero-order valence-corrected chi connectivity index (χ0v) is 10.9. The number of amidine groups is 1. The number of aromatic nitrogens is 1. The first-order valence-corrected chi connectivity index (χ1v) is 6.10. The molecular weight excluding hydrogens is 268 g/mol. The molecule has 86 valence electrons. The van der Waals surface area contributed by atoms with Gasteiger partial charge < -0.3 is 9.80 Å². The second kappa shape index (κ2) is 4.93. The third-order valence-electron chi connectivity index (χ3n) is 2.80. The lowest BCUT2D eigenvalue weighted by molar-refractivity contribution is 0.215. The number of rotatable bonds is 1. The van der Waals surface area contributed by atoms with E-state index in [0.29, 0.717) is 5.84 Å². The summed E-state index contributed by atoms with van der Waals surface area (Å²) in [5.74, 6) is 0.514. The largest absolute Gasteiger partial charge is 0.353 e. The summed E-state index contributed by atoms with van der Waals surface area (Å²) >= 11 is 3.43. The fraction of sp³-hybridized carbons (Fsp3) is 0.455. The van der Waals surface area contributed by atoms with Crippen molar-refractivity contribution in [3.63, 3.8) is 0 Å². The molecule has 0 bridgehead atoms. The summed E-state index contributed by atoms with van der Waals surface area (Å²) in [5.41, 5.74) is 0.729. The van der Waals surface area contributed by atoms with Gasteiger partial charge in [0, 0.05) is 36.8 Å². The highest BCUT2D eigenvalue weighted by atomic mass is 79.9. The fourth-order valence-electron chi connectivity index (χ4n) is 1.74. The van der Waals surface area contributed by atoms with Crippen molar-refractivity contribution in [2.75, 3.05) is 33.2 Å². The molecule has 0 aliphatic carbocycles. The van der Waals surface area contributed by atoms with Gasteiger partial charge in [-0.25, -0.2) is 0 Å². The fourth-order valence-corrected chi connectivity index (χ4v) is 2.18. The maximum atomic E-state index is 8.15. The first-order chi connectivity index (χ1) is 7.68. The summed E-state index contributed by atoms with van der Waals surface area (Å²) in [4.78, 5) is 8.60. The molecule has 16 heavy (non-hydrogen) atoms. The average Bonchev–Trinajstić information content (AvgIpc) is 2.30. The normalized spacial score (nSPS) is 17.5. The van der Waals surface area contributed by atoms with Gasteiger partial charge in [-0.05, 0) is 35.1 Å². The van der Waals surface area contributed by atoms with Crippen LogP contribution in [0.3, 0.4) is 0 Å². The van der Waals surface area contributed by atoms with E-state index in [2.05, 4.69) is 37.8 Å². The molecule has 4 nitrogen and oxygen atoms in total. The maximum Gasteiger partial charge on any atom is 0.148 e. The Morgan fingerprint density at radius 1 is 1.38 bits per heavy atom. The summed E-state index contributed by atoms with van der Waals surface area (Å²) in [6.07, 6.45) is 1.73. The van der Waals surface area contributed by atoms with Crippen LogP contribution in [0.2, 0.25) is 0 Å². The number of hydrogen-bond acceptors (Lipinski definition) is 3. The van der Waals surface area contributed by atoms with E-state index in [1.807, 2.05) is 12.1 Å². The van der Waals surface area contributed by atoms with Crippen LogP contribution in [0.4, 0.5) is 0 Å². The Morgan fingerprint density at radius 3 is 2.69 bits per heavy atom. The van der Waals surface area contributed by atoms with Crippen LogP contribution in [0.5, 0.6) is 0 Å². The predicted molar refractivity (Wildman–Crippen MR) is 67.8 cm³/mol. The van der Waals surface area contributed by atoms with E-state index >= 15 is 0 Å². The van der Waals surface area contributed by atoms with Crippen LogP contribution >= 0.6 is 15.9 Å². The highest BCUT2D eigenvalue weighted by molar-refractivity contribution is 9.10. The van der Waals surface area contributed by atoms with E-state index in [-0.39, 0.29) is 0 Å². The summed E-state index contributed by atoms with van der Waals surface area (Å²) in [6, 6.07) is 3.79. The molecule has 0 radical (unpaired) electrons. The molecule has 0 atom stereocenters. The van der Waals surface area contributed by atoms with Crippen LogP contribution in [0.15, 0.2) is 22.8 Å². The van der Waals surface area contributed by atoms with Crippen molar-refractivity contribution in [2.45, 2.75) is 0 Å². The molecule has 1 aliphatic rings. The Morgan fingerprint density at radius 2 is 2.06 bits per heavy atom. The molecule has 0 spiro atoms. The van der Waals surface area contributed by atoms with Gasteiger partial charge in [0.25, 0.3) is 0 Å². The van der Waals surface area contributed by atoms with Crippen LogP contribution in [-0.2, 0) is 0 Å². The third-order valence-corrected chi connectivity index (χ3v) is 3.44. The van der Waals surface area contributed by atoms with Crippen molar-refractivity contribution >= 4 is 21.8 Å². The Labute approximate surface area is 104 Å². The minimum atomic E-state index is 0.514. The van der Waals surface area contributed by atoms with Crippen LogP contribution in [0, 0.1) is 5.41 Å². The summed E-state index contributed by atoms with van der Waals surface area (Å²) < 4.78 is 0.888. The number of nitrogens with one attached hydrogen (secondary N) is 1. The van der Waals surface area contributed by atoms with Crippen molar-refractivity contribution in [3.05, 3.63) is 28.5 Å². The topological polar surface area (TPSA) is 43.2 Å². The molecule has 1 aromatic heterocycles. The standard InChI is InChI=1S/C11H15BrN4/c1-15-5-7-16(8-6-15)11(13)10-9(12)3-2-4-14-10/h2-4,13H,5-8H2,1H3. The van der Waals surface area contributed by atoms with Crippen molar-refractivity contribution in [2.24, 2.45) is 0 Å². The number of hydrogen-bond donors (Lipinski definition) is 1. The molecular formula is C11H15BrN4. The van der Waals surface area contributed by atoms with Gasteiger partial charge in [0.2, 0.25) is 0 Å². The maximum absolute atomic E-state index is 8.15. The van der Waals surface area contributed by atoms with Gasteiger partial charge in [0.15, 0.2) is 0 Å². The zero-order chi connectivity index (χ0) is 11.5. The minimum Gasteiger partial charge on any atom is -0.353 e. The molecule has 5 heteroatoms. The quantitative estimate of drug-likeness (QED) is 0.626. The van der Waals surface area contributed by atoms with E-state index in [4.69, 9.17) is 5.41 Å². The number of piperazine rings is 1. The highest BCUT2D eigenvalue weighted by Gasteiger charge is 2.19. The van der Waals surface area contributed by atoms with Crippen molar-refractivity contribution in [3.8, 4) is 0 Å². The van der Waals surface area contributed by atoms with Gasteiger partial charge in [-0.2, -0.15) is 0 Å². The molecule has 1 aliphatic heterocycles. The monoisotopic (exact) mass is 282 g/mol. The van der Waals surface area contributed by atoms with Crippen molar-refractivity contribution in [1.29, 1.82) is 5.41 Å². The second-order valence-electron chi connectivity index (χ2n) is 3.97. The van der Waals surface area contributed by atoms with E-state index < -0.39 is 0 Å². The van der Waals surface area contributed by atoms with E-state index in [9.17, 15) is 0 Å². The first kappa shape index (κ1) is 11.5. The number of likely N-dealkylation sites (N-methyl/N-ethyl adjacent to an activating group) is 1. The van der Waals surface area contributed by atoms with E-state index in [1.165, 1.54) is 0 Å². The van der Waals surface area contributed by atoms with Gasteiger partial charge in [0.05, 0.1) is 0 Å². The SMILES string of the molecule is CN1CCN(C(=N)c2ncccc2Br)CC1. The summed E-state index contributed by atoms with van der Waals surface area (Å²) in [7, 11) is 2.11. The lowest BCUT2D eigenvalue weighted by Gasteiger charge is -2.33. The van der Waals surface area contributed by atoms with Crippen LogP contribution < -0.4 is 0 Å². The Hall–Kier alpha value is -0.940. The second-order valence-corrected chi connectivity index (χ2v) is 4.83. The molecule has 1 fully saturated rings. The Balaban J connectivity index is 2.11. The third kappa shape index (κ3) is 2.41. The summed E-state index contributed by atoms with van der Waals surface area (Å²) in [5, 5.41) is 8.15. The predicted octanol–water partition coefficient (Wildman–Crippen LogP) is 1.42. The number of nitrogens with zero attached hydrogens (tertiary/aromatic N) is 3. The lowest BCUT2D eigenvalue weighted by Crippen LogP contribution is -2.47. The molecule has 1 N–H and O–H groups in total. The van der Waals surface area contributed by atoms with Gasteiger partial charge in [-0.1, -0.05) is 0 Å². The molecule has 0 amide bonds. The van der Waals surface area contributed by atoms with Crippen molar-refractivity contribution < 1.29 is 0 Å². The zero-order valence-electron chi connectivity index (χ0n) is 9.28. The molecule has 2 rings (SSSR count). The molecule has 0 aromatic carbocycles. The van der Waals surface area contributed by atoms with E-state index in [1.54, 1.807) is 6.20 Å². The smallest absolute Gasteiger partial charge is 0.148 e. The van der Waals surface area contributed by atoms with Gasteiger partial charge in [-0.15, -0.1) is 0 Å².